The minimum Gasteiger partial charge on any atom is -0.490 e. The van der Waals surface area contributed by atoms with Gasteiger partial charge in [-0.25, -0.2) is 0 Å². The molecule has 5 heteroatoms. The van der Waals surface area contributed by atoms with Crippen LogP contribution in [0.2, 0.25) is 0 Å². The van der Waals surface area contributed by atoms with Crippen LogP contribution in [0.3, 0.4) is 0 Å². The number of aliphatic hydroxyl groups is 2. The highest BCUT2D eigenvalue weighted by atomic mass is 16.5. The summed E-state index contributed by atoms with van der Waals surface area (Å²) < 4.78 is 5.86. The summed E-state index contributed by atoms with van der Waals surface area (Å²) in [4.78, 5) is 0. The summed E-state index contributed by atoms with van der Waals surface area (Å²) in [6, 6.07) is 6.17. The molecule has 2 unspecified atom stereocenters. The molecule has 1 aromatic carbocycles. The third kappa shape index (κ3) is 4.12. The van der Waals surface area contributed by atoms with Crippen LogP contribution in [0.25, 0.3) is 0 Å². The molecule has 2 rings (SSSR count). The maximum atomic E-state index is 10.0. The van der Waals surface area contributed by atoms with Gasteiger partial charge in [-0.3, -0.25) is 0 Å². The van der Waals surface area contributed by atoms with Crippen molar-refractivity contribution < 1.29 is 14.9 Å². The average Bonchev–Trinajstić information content (AvgIpc) is 2.80. The Bertz CT molecular complexity index is 491. The predicted molar refractivity (Wildman–Crippen MR) is 88.6 cm³/mol. The van der Waals surface area contributed by atoms with E-state index in [2.05, 4.69) is 30.5 Å². The Morgan fingerprint density at radius 2 is 2.18 bits per heavy atom. The first-order valence-electron chi connectivity index (χ1n) is 7.96. The molecule has 0 fully saturated rings. The smallest absolute Gasteiger partial charge is 0.125 e. The topological polar surface area (TPSA) is 73.8 Å². The second-order valence-electron chi connectivity index (χ2n) is 6.70. The summed E-state index contributed by atoms with van der Waals surface area (Å²) in [7, 11) is 0. The maximum Gasteiger partial charge on any atom is 0.125 e. The lowest BCUT2D eigenvalue weighted by atomic mass is 9.86. The van der Waals surface area contributed by atoms with E-state index in [1.54, 1.807) is 0 Å². The normalized spacial score (nSPS) is 18.4. The number of fused-ring (bicyclic) bond motifs is 1. The molecule has 0 amide bonds. The standard InChI is InChI=1S/C17H28N2O3/c1-12(7-8-20)18-9-13(21)10-22-15-6-4-5-14-16(15)17(2,3)11-19-14/h4-6,12-13,18-21H,7-11H2,1-3H3. The van der Waals surface area contributed by atoms with Crippen LogP contribution in [0.5, 0.6) is 5.75 Å². The quantitative estimate of drug-likeness (QED) is 0.585. The van der Waals surface area contributed by atoms with Gasteiger partial charge >= 0.3 is 0 Å². The van der Waals surface area contributed by atoms with Gasteiger partial charge in [0.25, 0.3) is 0 Å². The number of anilines is 1. The lowest BCUT2D eigenvalue weighted by Crippen LogP contribution is -2.37. The Balaban J connectivity index is 1.89. The summed E-state index contributed by atoms with van der Waals surface area (Å²) in [5.41, 5.74) is 2.33. The van der Waals surface area contributed by atoms with Gasteiger partial charge in [0.1, 0.15) is 18.5 Å². The average molecular weight is 308 g/mol. The van der Waals surface area contributed by atoms with Gasteiger partial charge in [0.2, 0.25) is 0 Å². The summed E-state index contributed by atoms with van der Waals surface area (Å²) in [5.74, 6) is 0.843. The minimum atomic E-state index is -0.575. The molecular formula is C17H28N2O3. The zero-order chi connectivity index (χ0) is 16.2. The molecule has 0 saturated heterocycles. The fraction of sp³-hybridized carbons (Fsp3) is 0.647. The highest BCUT2D eigenvalue weighted by Gasteiger charge is 2.33. The van der Waals surface area contributed by atoms with Crippen LogP contribution >= 0.6 is 0 Å². The Kier molecular flexibility index (Phi) is 5.67. The molecule has 1 aliphatic rings. The Labute approximate surface area is 132 Å². The van der Waals surface area contributed by atoms with E-state index in [4.69, 9.17) is 9.84 Å². The number of hydrogen-bond acceptors (Lipinski definition) is 5. The van der Waals surface area contributed by atoms with Gasteiger partial charge in [-0.1, -0.05) is 19.9 Å². The SMILES string of the molecule is CC(CCO)NCC(O)COc1cccc2c1C(C)(C)CN2. The van der Waals surface area contributed by atoms with Gasteiger partial charge in [-0.05, 0) is 25.5 Å². The molecule has 124 valence electrons. The zero-order valence-electron chi connectivity index (χ0n) is 13.7. The summed E-state index contributed by atoms with van der Waals surface area (Å²) in [5, 5.41) is 25.5. The van der Waals surface area contributed by atoms with Crippen molar-refractivity contribution in [3.8, 4) is 5.75 Å². The monoisotopic (exact) mass is 308 g/mol. The number of nitrogens with one attached hydrogen (secondary N) is 2. The second-order valence-corrected chi connectivity index (χ2v) is 6.70. The fourth-order valence-electron chi connectivity index (χ4n) is 2.78. The van der Waals surface area contributed by atoms with Crippen molar-refractivity contribution in [1.29, 1.82) is 0 Å². The van der Waals surface area contributed by atoms with Crippen LogP contribution in [0.15, 0.2) is 18.2 Å². The Morgan fingerprint density at radius 1 is 1.41 bits per heavy atom. The van der Waals surface area contributed by atoms with E-state index in [-0.39, 0.29) is 24.7 Å². The third-order valence-corrected chi connectivity index (χ3v) is 4.12. The molecule has 22 heavy (non-hydrogen) atoms. The van der Waals surface area contributed by atoms with Crippen molar-refractivity contribution in [1.82, 2.24) is 5.32 Å². The van der Waals surface area contributed by atoms with Gasteiger partial charge in [0, 0.05) is 42.4 Å². The van der Waals surface area contributed by atoms with Crippen molar-refractivity contribution >= 4 is 5.69 Å². The molecule has 0 bridgehead atoms. The van der Waals surface area contributed by atoms with Crippen LogP contribution in [0, 0.1) is 0 Å². The molecule has 1 heterocycles. The van der Waals surface area contributed by atoms with Crippen LogP contribution < -0.4 is 15.4 Å². The van der Waals surface area contributed by atoms with Crippen molar-refractivity contribution in [2.45, 2.75) is 44.8 Å². The first-order valence-corrected chi connectivity index (χ1v) is 7.96. The zero-order valence-corrected chi connectivity index (χ0v) is 13.7. The minimum absolute atomic E-state index is 0.0325. The van der Waals surface area contributed by atoms with E-state index in [1.807, 2.05) is 19.1 Å². The second kappa shape index (κ2) is 7.31. The Morgan fingerprint density at radius 3 is 2.91 bits per heavy atom. The van der Waals surface area contributed by atoms with Crippen molar-refractivity contribution in [2.24, 2.45) is 0 Å². The Hall–Kier alpha value is -1.30. The van der Waals surface area contributed by atoms with E-state index in [1.165, 1.54) is 5.56 Å². The summed E-state index contributed by atoms with van der Waals surface area (Å²) >= 11 is 0. The predicted octanol–water partition coefficient (Wildman–Crippen LogP) is 1.49. The highest BCUT2D eigenvalue weighted by molar-refractivity contribution is 5.65. The molecule has 1 aromatic rings. The first kappa shape index (κ1) is 17.1. The van der Waals surface area contributed by atoms with E-state index in [0.29, 0.717) is 13.0 Å². The first-order chi connectivity index (χ1) is 10.4. The van der Waals surface area contributed by atoms with Crippen molar-refractivity contribution in [2.75, 3.05) is 31.6 Å². The summed E-state index contributed by atoms with van der Waals surface area (Å²) in [6.07, 6.45) is 0.106. The van der Waals surface area contributed by atoms with Gasteiger partial charge < -0.3 is 25.6 Å². The van der Waals surface area contributed by atoms with Gasteiger partial charge in [-0.2, -0.15) is 0 Å². The molecule has 0 spiro atoms. The van der Waals surface area contributed by atoms with E-state index >= 15 is 0 Å². The van der Waals surface area contributed by atoms with Gasteiger partial charge in [-0.15, -0.1) is 0 Å². The van der Waals surface area contributed by atoms with E-state index < -0.39 is 6.10 Å². The number of benzene rings is 1. The van der Waals surface area contributed by atoms with Crippen molar-refractivity contribution in [3.05, 3.63) is 23.8 Å². The van der Waals surface area contributed by atoms with Crippen molar-refractivity contribution in [3.63, 3.8) is 0 Å². The molecular weight excluding hydrogens is 280 g/mol. The van der Waals surface area contributed by atoms with E-state index in [9.17, 15) is 5.11 Å². The fourth-order valence-corrected chi connectivity index (χ4v) is 2.78. The number of hydrogen-bond donors (Lipinski definition) is 4. The molecule has 0 saturated carbocycles. The highest BCUT2D eigenvalue weighted by Crippen LogP contribution is 2.42. The van der Waals surface area contributed by atoms with Crippen LogP contribution in [0.1, 0.15) is 32.8 Å². The van der Waals surface area contributed by atoms with Gasteiger partial charge in [0.15, 0.2) is 0 Å². The molecule has 0 radical (unpaired) electrons. The van der Waals surface area contributed by atoms with Gasteiger partial charge in [0.05, 0.1) is 0 Å². The number of aliphatic hydroxyl groups excluding tert-OH is 2. The maximum absolute atomic E-state index is 10.0. The van der Waals surface area contributed by atoms with Crippen LogP contribution in [0.4, 0.5) is 5.69 Å². The van der Waals surface area contributed by atoms with Crippen LogP contribution in [-0.2, 0) is 5.41 Å². The molecule has 0 aromatic heterocycles. The number of rotatable bonds is 8. The van der Waals surface area contributed by atoms with E-state index in [0.717, 1.165) is 18.0 Å². The molecule has 4 N–H and O–H groups in total. The lowest BCUT2D eigenvalue weighted by molar-refractivity contribution is 0.102. The van der Waals surface area contributed by atoms with Crippen LogP contribution in [-0.4, -0.2) is 48.7 Å². The molecule has 1 aliphatic heterocycles. The molecule has 5 nitrogen and oxygen atoms in total. The molecule has 0 aliphatic carbocycles. The largest absolute Gasteiger partial charge is 0.490 e. The summed E-state index contributed by atoms with van der Waals surface area (Å²) in [6.45, 7) is 8.12. The lowest BCUT2D eigenvalue weighted by Gasteiger charge is -2.22. The third-order valence-electron chi connectivity index (χ3n) is 4.12. The number of ether oxygens (including phenoxy) is 1. The molecule has 2 atom stereocenters.